The van der Waals surface area contributed by atoms with Crippen molar-refractivity contribution in [3.8, 4) is 0 Å². The molecule has 1 aromatic rings. The number of anilines is 1. The number of carbonyl (C=O) groups excluding carboxylic acids is 1. The molecule has 5 nitrogen and oxygen atoms in total. The number of halogens is 1. The smallest absolute Gasteiger partial charge is 0.305 e. The summed E-state index contributed by atoms with van der Waals surface area (Å²) < 4.78 is 0.874. The summed E-state index contributed by atoms with van der Waals surface area (Å²) in [6, 6.07) is 0.763. The maximum atomic E-state index is 11.7. The van der Waals surface area contributed by atoms with Crippen LogP contribution in [0.4, 0.5) is 5.00 Å². The van der Waals surface area contributed by atoms with E-state index in [2.05, 4.69) is 15.9 Å². The molecule has 0 radical (unpaired) electrons. The molecule has 3 N–H and O–H groups in total. The third kappa shape index (κ3) is 3.29. The molecule has 1 atom stereocenters. The van der Waals surface area contributed by atoms with E-state index in [1.54, 1.807) is 13.1 Å². The first-order chi connectivity index (χ1) is 7.41. The fraction of sp³-hybridized carbons (Fsp3) is 0.333. The van der Waals surface area contributed by atoms with Gasteiger partial charge in [0.05, 0.1) is 17.5 Å². The molecular weight excluding hydrogens is 296 g/mol. The summed E-state index contributed by atoms with van der Waals surface area (Å²) in [7, 11) is 1.57. The highest BCUT2D eigenvalue weighted by atomic mass is 79.9. The standard InChI is InChI=1S/C9H11BrN2O3S/c1-12(7-2-5(10)4-16-7)9(15)6(11)3-8(13)14/h2,4,6H,3,11H2,1H3,(H,13,14). The summed E-state index contributed by atoms with van der Waals surface area (Å²) >= 11 is 4.65. The number of rotatable bonds is 4. The summed E-state index contributed by atoms with van der Waals surface area (Å²) in [6.45, 7) is 0. The molecule has 7 heteroatoms. The van der Waals surface area contributed by atoms with Crippen LogP contribution in [0.1, 0.15) is 6.42 Å². The minimum Gasteiger partial charge on any atom is -0.481 e. The van der Waals surface area contributed by atoms with Crippen LogP contribution in [-0.4, -0.2) is 30.1 Å². The summed E-state index contributed by atoms with van der Waals surface area (Å²) in [6.07, 6.45) is -0.365. The molecule has 88 valence electrons. The van der Waals surface area contributed by atoms with Gasteiger partial charge >= 0.3 is 5.97 Å². The number of aliphatic carboxylic acids is 1. The van der Waals surface area contributed by atoms with E-state index in [1.165, 1.54) is 16.2 Å². The molecule has 0 spiro atoms. The molecule has 0 aliphatic rings. The first kappa shape index (κ1) is 13.1. The van der Waals surface area contributed by atoms with Crippen molar-refractivity contribution < 1.29 is 14.7 Å². The zero-order valence-electron chi connectivity index (χ0n) is 8.51. The number of hydrogen-bond acceptors (Lipinski definition) is 4. The molecule has 1 heterocycles. The van der Waals surface area contributed by atoms with Crippen molar-refractivity contribution in [2.45, 2.75) is 12.5 Å². The van der Waals surface area contributed by atoms with Crippen LogP contribution in [0, 0.1) is 0 Å². The van der Waals surface area contributed by atoms with E-state index in [9.17, 15) is 9.59 Å². The van der Waals surface area contributed by atoms with Gasteiger partial charge in [0.25, 0.3) is 0 Å². The Morgan fingerprint density at radius 2 is 2.31 bits per heavy atom. The molecule has 1 rings (SSSR count). The molecule has 16 heavy (non-hydrogen) atoms. The Bertz CT molecular complexity index is 407. The second kappa shape index (κ2) is 5.42. The van der Waals surface area contributed by atoms with Gasteiger partial charge in [-0.05, 0) is 22.0 Å². The summed E-state index contributed by atoms with van der Waals surface area (Å²) in [5, 5.41) is 11.1. The van der Waals surface area contributed by atoms with Crippen molar-refractivity contribution in [1.29, 1.82) is 0 Å². The number of thiophene rings is 1. The van der Waals surface area contributed by atoms with Gasteiger partial charge in [-0.15, -0.1) is 11.3 Å². The average Bonchev–Trinajstić information content (AvgIpc) is 2.61. The molecule has 1 aromatic heterocycles. The Morgan fingerprint density at radius 1 is 1.69 bits per heavy atom. The maximum Gasteiger partial charge on any atom is 0.305 e. The van der Waals surface area contributed by atoms with Gasteiger partial charge in [0.1, 0.15) is 0 Å². The maximum absolute atomic E-state index is 11.7. The normalized spacial score (nSPS) is 12.2. The van der Waals surface area contributed by atoms with Crippen molar-refractivity contribution in [3.05, 3.63) is 15.9 Å². The van der Waals surface area contributed by atoms with E-state index in [-0.39, 0.29) is 6.42 Å². The molecule has 0 bridgehead atoms. The topological polar surface area (TPSA) is 83.6 Å². The number of nitrogens with zero attached hydrogens (tertiary/aromatic N) is 1. The van der Waals surface area contributed by atoms with Crippen molar-refractivity contribution in [1.82, 2.24) is 0 Å². The van der Waals surface area contributed by atoms with E-state index >= 15 is 0 Å². The Hall–Kier alpha value is -0.920. The highest BCUT2D eigenvalue weighted by Gasteiger charge is 2.22. The van der Waals surface area contributed by atoms with E-state index in [0.29, 0.717) is 0 Å². The first-order valence-electron chi connectivity index (χ1n) is 4.40. The zero-order chi connectivity index (χ0) is 12.3. The Kier molecular flexibility index (Phi) is 4.45. The molecule has 0 saturated carbocycles. The van der Waals surface area contributed by atoms with Gasteiger partial charge in [0.2, 0.25) is 5.91 Å². The predicted molar refractivity (Wildman–Crippen MR) is 65.7 cm³/mol. The lowest BCUT2D eigenvalue weighted by atomic mass is 10.2. The third-order valence-corrected chi connectivity index (χ3v) is 3.69. The number of nitrogens with two attached hydrogens (primary N) is 1. The quantitative estimate of drug-likeness (QED) is 0.877. The van der Waals surface area contributed by atoms with Crippen LogP contribution in [-0.2, 0) is 9.59 Å². The van der Waals surface area contributed by atoms with Gasteiger partial charge in [-0.25, -0.2) is 0 Å². The van der Waals surface area contributed by atoms with Gasteiger partial charge in [0, 0.05) is 16.9 Å². The van der Waals surface area contributed by atoms with Crippen molar-refractivity contribution in [2.24, 2.45) is 5.73 Å². The Morgan fingerprint density at radius 3 is 2.75 bits per heavy atom. The number of carboxylic acid groups (broad SMARTS) is 1. The molecule has 1 unspecified atom stereocenters. The number of amides is 1. The molecule has 0 saturated heterocycles. The van der Waals surface area contributed by atoms with Crippen LogP contribution in [0.3, 0.4) is 0 Å². The van der Waals surface area contributed by atoms with E-state index < -0.39 is 17.9 Å². The largest absolute Gasteiger partial charge is 0.481 e. The lowest BCUT2D eigenvalue weighted by Gasteiger charge is -2.18. The van der Waals surface area contributed by atoms with Crippen LogP contribution in [0.2, 0.25) is 0 Å². The van der Waals surface area contributed by atoms with Crippen molar-refractivity contribution in [2.75, 3.05) is 11.9 Å². The molecule has 0 aliphatic heterocycles. The fourth-order valence-electron chi connectivity index (χ4n) is 1.11. The van der Waals surface area contributed by atoms with Gasteiger partial charge in [-0.1, -0.05) is 0 Å². The van der Waals surface area contributed by atoms with Gasteiger partial charge in [-0.3, -0.25) is 9.59 Å². The van der Waals surface area contributed by atoms with Crippen LogP contribution in [0.5, 0.6) is 0 Å². The van der Waals surface area contributed by atoms with Crippen molar-refractivity contribution >= 4 is 44.1 Å². The van der Waals surface area contributed by atoms with E-state index in [4.69, 9.17) is 10.8 Å². The number of carboxylic acids is 1. The van der Waals surface area contributed by atoms with Crippen LogP contribution in [0.25, 0.3) is 0 Å². The first-order valence-corrected chi connectivity index (χ1v) is 6.08. The monoisotopic (exact) mass is 306 g/mol. The van der Waals surface area contributed by atoms with Crippen molar-refractivity contribution in [3.63, 3.8) is 0 Å². The average molecular weight is 307 g/mol. The minimum absolute atomic E-state index is 0.365. The number of hydrogen-bond donors (Lipinski definition) is 2. The van der Waals surface area contributed by atoms with Gasteiger partial charge in [0.15, 0.2) is 0 Å². The molecule has 0 aliphatic carbocycles. The number of carbonyl (C=O) groups is 2. The SMILES string of the molecule is CN(C(=O)C(N)CC(=O)O)c1cc(Br)cs1. The van der Waals surface area contributed by atoms with E-state index in [1.807, 2.05) is 5.38 Å². The van der Waals surface area contributed by atoms with Crippen LogP contribution >= 0.6 is 27.3 Å². The molecule has 1 amide bonds. The highest BCUT2D eigenvalue weighted by molar-refractivity contribution is 9.10. The van der Waals surface area contributed by atoms with Gasteiger partial charge < -0.3 is 15.7 Å². The Labute approximate surface area is 105 Å². The van der Waals surface area contributed by atoms with E-state index in [0.717, 1.165) is 9.47 Å². The molecule has 0 aromatic carbocycles. The lowest BCUT2D eigenvalue weighted by Crippen LogP contribution is -2.42. The fourth-order valence-corrected chi connectivity index (χ4v) is 2.50. The summed E-state index contributed by atoms with van der Waals surface area (Å²) in [5.74, 6) is -1.49. The van der Waals surface area contributed by atoms with Gasteiger partial charge in [-0.2, -0.15) is 0 Å². The second-order valence-electron chi connectivity index (χ2n) is 3.20. The summed E-state index contributed by atoms with van der Waals surface area (Å²) in [4.78, 5) is 23.5. The third-order valence-electron chi connectivity index (χ3n) is 1.93. The minimum atomic E-state index is -1.08. The zero-order valence-corrected chi connectivity index (χ0v) is 10.9. The molecule has 0 fully saturated rings. The lowest BCUT2D eigenvalue weighted by molar-refractivity contribution is -0.139. The van der Waals surface area contributed by atoms with Crippen LogP contribution < -0.4 is 10.6 Å². The molecular formula is C9H11BrN2O3S. The predicted octanol–water partition coefficient (Wildman–Crippen LogP) is 1.28. The summed E-state index contributed by atoms with van der Waals surface area (Å²) in [5.41, 5.74) is 5.48. The second-order valence-corrected chi connectivity index (χ2v) is 5.01. The highest BCUT2D eigenvalue weighted by Crippen LogP contribution is 2.27. The number of likely N-dealkylation sites (N-methyl/N-ethyl adjacent to an activating group) is 1. The van der Waals surface area contributed by atoms with Crippen LogP contribution in [0.15, 0.2) is 15.9 Å². The Balaban J connectivity index is 2.70.